The average Bonchev–Trinajstić information content (AvgIpc) is 3.08. The number of likely N-dealkylation sites (tertiary alicyclic amines) is 1. The van der Waals surface area contributed by atoms with E-state index in [1.165, 1.54) is 24.3 Å². The highest BCUT2D eigenvalue weighted by molar-refractivity contribution is 5.92. The van der Waals surface area contributed by atoms with E-state index in [1.807, 2.05) is 0 Å². The molecule has 1 aliphatic heterocycles. The Morgan fingerprint density at radius 2 is 1.96 bits per heavy atom. The molecule has 8 heteroatoms. The van der Waals surface area contributed by atoms with E-state index in [2.05, 4.69) is 15.8 Å². The Morgan fingerprint density at radius 1 is 1.27 bits per heavy atom. The molecule has 2 aromatic rings. The maximum Gasteiger partial charge on any atom is 0.321 e. The van der Waals surface area contributed by atoms with E-state index in [4.69, 9.17) is 4.52 Å². The number of nitrogens with one attached hydrogen (secondary N) is 2. The van der Waals surface area contributed by atoms with Gasteiger partial charge in [-0.25, -0.2) is 9.18 Å². The monoisotopic (exact) mass is 360 g/mol. The zero-order valence-corrected chi connectivity index (χ0v) is 14.5. The number of hydrogen-bond donors (Lipinski definition) is 2. The van der Waals surface area contributed by atoms with Gasteiger partial charge in [-0.3, -0.25) is 4.79 Å². The molecule has 2 heterocycles. The van der Waals surface area contributed by atoms with Crippen molar-refractivity contribution in [3.63, 3.8) is 0 Å². The molecule has 138 valence electrons. The molecule has 0 spiro atoms. The fourth-order valence-corrected chi connectivity index (χ4v) is 2.88. The summed E-state index contributed by atoms with van der Waals surface area (Å²) in [6.45, 7) is 3.49. The van der Waals surface area contributed by atoms with Crippen molar-refractivity contribution in [3.8, 4) is 0 Å². The molecule has 0 saturated carbocycles. The second-order valence-electron chi connectivity index (χ2n) is 6.40. The summed E-state index contributed by atoms with van der Waals surface area (Å²) in [4.78, 5) is 25.9. The Kier molecular flexibility index (Phi) is 5.50. The fourth-order valence-electron chi connectivity index (χ4n) is 2.88. The van der Waals surface area contributed by atoms with Crippen molar-refractivity contribution < 1.29 is 18.5 Å². The van der Waals surface area contributed by atoms with Gasteiger partial charge in [0, 0.05) is 31.4 Å². The summed E-state index contributed by atoms with van der Waals surface area (Å²) in [5.74, 6) is 0.308. The van der Waals surface area contributed by atoms with Crippen molar-refractivity contribution in [1.29, 1.82) is 0 Å². The lowest BCUT2D eigenvalue weighted by atomic mass is 9.97. The van der Waals surface area contributed by atoms with E-state index < -0.39 is 0 Å². The predicted molar refractivity (Wildman–Crippen MR) is 93.3 cm³/mol. The van der Waals surface area contributed by atoms with Gasteiger partial charge < -0.3 is 20.1 Å². The fraction of sp³-hybridized carbons (Fsp3) is 0.389. The van der Waals surface area contributed by atoms with Crippen LogP contribution in [0.15, 0.2) is 34.9 Å². The van der Waals surface area contributed by atoms with Crippen LogP contribution in [0.2, 0.25) is 0 Å². The highest BCUT2D eigenvalue weighted by Gasteiger charge is 2.23. The molecule has 1 fully saturated rings. The smallest absolute Gasteiger partial charge is 0.321 e. The first-order valence-corrected chi connectivity index (χ1v) is 8.54. The lowest BCUT2D eigenvalue weighted by Crippen LogP contribution is -2.43. The number of urea groups is 1. The first kappa shape index (κ1) is 17.9. The molecule has 7 nitrogen and oxygen atoms in total. The number of rotatable bonds is 4. The van der Waals surface area contributed by atoms with Gasteiger partial charge in [-0.1, -0.05) is 5.16 Å². The van der Waals surface area contributed by atoms with Crippen LogP contribution in [0.5, 0.6) is 0 Å². The standard InChI is InChI=1S/C18H21FN4O3/c1-12-10-16(22-26-12)17(24)20-11-13-6-8-23(9-7-13)18(25)21-15-4-2-14(19)3-5-15/h2-5,10,13H,6-9,11H2,1H3,(H,20,24)(H,21,25). The van der Waals surface area contributed by atoms with Crippen LogP contribution in [0.25, 0.3) is 0 Å². The van der Waals surface area contributed by atoms with Gasteiger partial charge >= 0.3 is 6.03 Å². The van der Waals surface area contributed by atoms with Crippen molar-refractivity contribution in [2.24, 2.45) is 5.92 Å². The maximum atomic E-state index is 12.9. The third-order valence-corrected chi connectivity index (χ3v) is 4.41. The minimum Gasteiger partial charge on any atom is -0.361 e. The van der Waals surface area contributed by atoms with Gasteiger partial charge in [0.15, 0.2) is 5.69 Å². The van der Waals surface area contributed by atoms with Gasteiger partial charge in [0.05, 0.1) is 0 Å². The number of hydrogen-bond acceptors (Lipinski definition) is 4. The van der Waals surface area contributed by atoms with Gasteiger partial charge in [0.25, 0.3) is 5.91 Å². The minimum absolute atomic E-state index is 0.197. The van der Waals surface area contributed by atoms with Crippen molar-refractivity contribution in [2.75, 3.05) is 25.0 Å². The highest BCUT2D eigenvalue weighted by Crippen LogP contribution is 2.18. The number of benzene rings is 1. The topological polar surface area (TPSA) is 87.5 Å². The van der Waals surface area contributed by atoms with Gasteiger partial charge in [0.2, 0.25) is 0 Å². The number of nitrogens with zero attached hydrogens (tertiary/aromatic N) is 2. The Balaban J connectivity index is 1.41. The highest BCUT2D eigenvalue weighted by atomic mass is 19.1. The second kappa shape index (κ2) is 7.99. The Bertz CT molecular complexity index is 767. The normalized spacial score (nSPS) is 14.9. The largest absolute Gasteiger partial charge is 0.361 e. The molecule has 26 heavy (non-hydrogen) atoms. The first-order valence-electron chi connectivity index (χ1n) is 8.54. The van der Waals surface area contributed by atoms with Crippen LogP contribution in [0.1, 0.15) is 29.1 Å². The van der Waals surface area contributed by atoms with Gasteiger partial charge in [-0.15, -0.1) is 0 Å². The number of amides is 3. The van der Waals surface area contributed by atoms with Gasteiger partial charge in [0.1, 0.15) is 11.6 Å². The molecule has 1 aromatic carbocycles. The molecule has 1 saturated heterocycles. The second-order valence-corrected chi connectivity index (χ2v) is 6.40. The van der Waals surface area contributed by atoms with Crippen molar-refractivity contribution in [1.82, 2.24) is 15.4 Å². The molecule has 0 bridgehead atoms. The molecule has 3 rings (SSSR count). The first-order chi connectivity index (χ1) is 12.5. The van der Waals surface area contributed by atoms with E-state index in [1.54, 1.807) is 17.9 Å². The summed E-state index contributed by atoms with van der Waals surface area (Å²) in [6, 6.07) is 7.07. The molecule has 3 amide bonds. The maximum absolute atomic E-state index is 12.9. The van der Waals surface area contributed by atoms with E-state index >= 15 is 0 Å². The summed E-state index contributed by atoms with van der Waals surface area (Å²) in [5, 5.41) is 9.30. The zero-order chi connectivity index (χ0) is 18.5. The molecular weight excluding hydrogens is 339 g/mol. The van der Waals surface area contributed by atoms with E-state index in [0.29, 0.717) is 37.0 Å². The van der Waals surface area contributed by atoms with E-state index in [0.717, 1.165) is 12.8 Å². The molecule has 2 N–H and O–H groups in total. The summed E-state index contributed by atoms with van der Waals surface area (Å²) in [6.07, 6.45) is 1.60. The van der Waals surface area contributed by atoms with Gasteiger partial charge in [-0.05, 0) is 49.9 Å². The lowest BCUT2D eigenvalue weighted by Gasteiger charge is -2.32. The van der Waals surface area contributed by atoms with Gasteiger partial charge in [-0.2, -0.15) is 0 Å². The summed E-state index contributed by atoms with van der Waals surface area (Å²) in [7, 11) is 0. The SMILES string of the molecule is Cc1cc(C(=O)NCC2CCN(C(=O)Nc3ccc(F)cc3)CC2)no1. The number of carbonyl (C=O) groups is 2. The Hall–Kier alpha value is -2.90. The molecule has 0 aliphatic carbocycles. The molecule has 0 atom stereocenters. The summed E-state index contributed by atoms with van der Waals surface area (Å²) >= 11 is 0. The molecule has 0 unspecified atom stereocenters. The summed E-state index contributed by atoms with van der Waals surface area (Å²) < 4.78 is 17.8. The molecular formula is C18H21FN4O3. The van der Waals surface area contributed by atoms with E-state index in [9.17, 15) is 14.0 Å². The Labute approximate surface area is 150 Å². The number of carbonyl (C=O) groups excluding carboxylic acids is 2. The number of aryl methyl sites for hydroxylation is 1. The molecule has 1 aliphatic rings. The quantitative estimate of drug-likeness (QED) is 0.878. The third-order valence-electron chi connectivity index (χ3n) is 4.41. The zero-order valence-electron chi connectivity index (χ0n) is 14.5. The molecule has 1 aromatic heterocycles. The lowest BCUT2D eigenvalue weighted by molar-refractivity contribution is 0.0929. The van der Waals surface area contributed by atoms with Crippen molar-refractivity contribution in [3.05, 3.63) is 47.6 Å². The summed E-state index contributed by atoms with van der Waals surface area (Å²) in [5.41, 5.74) is 0.840. The van der Waals surface area contributed by atoms with Crippen LogP contribution >= 0.6 is 0 Å². The van der Waals surface area contributed by atoms with Crippen LogP contribution < -0.4 is 10.6 Å². The van der Waals surface area contributed by atoms with Crippen LogP contribution in [0, 0.1) is 18.7 Å². The minimum atomic E-state index is -0.341. The number of halogens is 1. The molecule has 0 radical (unpaired) electrons. The third kappa shape index (κ3) is 4.59. The average molecular weight is 360 g/mol. The predicted octanol–water partition coefficient (Wildman–Crippen LogP) is 2.80. The van der Waals surface area contributed by atoms with Crippen LogP contribution in [-0.2, 0) is 0 Å². The number of piperidine rings is 1. The van der Waals surface area contributed by atoms with Crippen LogP contribution in [0.4, 0.5) is 14.9 Å². The van der Waals surface area contributed by atoms with E-state index in [-0.39, 0.29) is 23.4 Å². The number of anilines is 1. The van der Waals surface area contributed by atoms with Crippen molar-refractivity contribution in [2.45, 2.75) is 19.8 Å². The van der Waals surface area contributed by atoms with Crippen molar-refractivity contribution >= 4 is 17.6 Å². The van der Waals surface area contributed by atoms with Crippen LogP contribution in [0.3, 0.4) is 0 Å². The number of aromatic nitrogens is 1. The van der Waals surface area contributed by atoms with Crippen LogP contribution in [-0.4, -0.2) is 41.6 Å². The Morgan fingerprint density at radius 3 is 2.58 bits per heavy atom.